The molecule has 0 N–H and O–H groups in total. The summed E-state index contributed by atoms with van der Waals surface area (Å²) in [6, 6.07) is 14.7. The van der Waals surface area contributed by atoms with Gasteiger partial charge < -0.3 is 14.4 Å². The number of methoxy groups -OCH3 is 2. The first kappa shape index (κ1) is 21.2. The Kier molecular flexibility index (Phi) is 5.86. The first-order valence-corrected chi connectivity index (χ1v) is 10.8. The zero-order valence-corrected chi connectivity index (χ0v) is 18.9. The van der Waals surface area contributed by atoms with E-state index in [2.05, 4.69) is 31.2 Å². The second kappa shape index (κ2) is 8.58. The zero-order valence-electron chi connectivity index (χ0n) is 18.9. The summed E-state index contributed by atoms with van der Waals surface area (Å²) in [6.45, 7) is 6.56. The Labute approximate surface area is 184 Å². The van der Waals surface area contributed by atoms with Crippen molar-refractivity contribution in [3.05, 3.63) is 53.6 Å². The lowest BCUT2D eigenvalue weighted by Crippen LogP contribution is -2.35. The summed E-state index contributed by atoms with van der Waals surface area (Å²) in [5.74, 6) is 1.51. The van der Waals surface area contributed by atoms with Crippen LogP contribution in [0.3, 0.4) is 0 Å². The van der Waals surface area contributed by atoms with E-state index in [0.717, 1.165) is 40.6 Å². The fourth-order valence-corrected chi connectivity index (χ4v) is 3.96. The highest BCUT2D eigenvalue weighted by molar-refractivity contribution is 5.85. The van der Waals surface area contributed by atoms with E-state index < -0.39 is 0 Å². The van der Waals surface area contributed by atoms with Gasteiger partial charge in [-0.2, -0.15) is 0 Å². The molecule has 0 aliphatic heterocycles. The number of ether oxygens (including phenoxy) is 2. The van der Waals surface area contributed by atoms with Gasteiger partial charge in [0.1, 0.15) is 0 Å². The molecule has 0 radical (unpaired) electrons. The van der Waals surface area contributed by atoms with E-state index in [4.69, 9.17) is 14.5 Å². The molecule has 31 heavy (non-hydrogen) atoms. The van der Waals surface area contributed by atoms with Crippen molar-refractivity contribution < 1.29 is 14.3 Å². The van der Waals surface area contributed by atoms with E-state index in [1.807, 2.05) is 36.9 Å². The highest BCUT2D eigenvalue weighted by atomic mass is 16.5. The number of hydrogen-bond acceptors (Lipinski definition) is 4. The average Bonchev–Trinajstić information content (AvgIpc) is 3.61. The standard InChI is InChI=1S/C26H30N2O3/c1-16(2)26(29)28(21-9-10-21)15-20-13-18-7-6-17(3)12-22(18)27-25(20)19-8-11-23(30-4)24(14-19)31-5/h6-8,11-14,16,21H,9-10,15H2,1-5H3. The quantitative estimate of drug-likeness (QED) is 0.517. The molecule has 1 amide bonds. The highest BCUT2D eigenvalue weighted by Crippen LogP contribution is 2.36. The predicted octanol–water partition coefficient (Wildman–Crippen LogP) is 5.37. The topological polar surface area (TPSA) is 51.7 Å². The minimum Gasteiger partial charge on any atom is -0.493 e. The van der Waals surface area contributed by atoms with Gasteiger partial charge in [0.15, 0.2) is 11.5 Å². The number of fused-ring (bicyclic) bond motifs is 1. The Balaban J connectivity index is 1.85. The Bertz CT molecular complexity index is 1120. The molecule has 4 rings (SSSR count). The van der Waals surface area contributed by atoms with Crippen molar-refractivity contribution in [2.75, 3.05) is 14.2 Å². The summed E-state index contributed by atoms with van der Waals surface area (Å²) in [6.07, 6.45) is 2.15. The third kappa shape index (κ3) is 4.36. The second-order valence-electron chi connectivity index (χ2n) is 8.61. The Hall–Kier alpha value is -3.08. The van der Waals surface area contributed by atoms with Crippen molar-refractivity contribution >= 4 is 16.8 Å². The predicted molar refractivity (Wildman–Crippen MR) is 123 cm³/mol. The fourth-order valence-electron chi connectivity index (χ4n) is 3.96. The molecule has 0 bridgehead atoms. The first-order valence-electron chi connectivity index (χ1n) is 10.8. The minimum absolute atomic E-state index is 0.0267. The van der Waals surface area contributed by atoms with Crippen molar-refractivity contribution in [2.24, 2.45) is 5.92 Å². The van der Waals surface area contributed by atoms with E-state index in [9.17, 15) is 4.79 Å². The summed E-state index contributed by atoms with van der Waals surface area (Å²) >= 11 is 0. The summed E-state index contributed by atoms with van der Waals surface area (Å²) in [4.78, 5) is 20.0. The molecule has 1 saturated carbocycles. The maximum Gasteiger partial charge on any atom is 0.225 e. The lowest BCUT2D eigenvalue weighted by atomic mass is 10.0. The molecule has 3 aromatic rings. The maximum absolute atomic E-state index is 12.9. The van der Waals surface area contributed by atoms with E-state index in [0.29, 0.717) is 24.1 Å². The molecule has 0 atom stereocenters. The summed E-state index contributed by atoms with van der Waals surface area (Å²) in [5, 5.41) is 1.08. The summed E-state index contributed by atoms with van der Waals surface area (Å²) in [5.41, 5.74) is 4.98. The lowest BCUT2D eigenvalue weighted by molar-refractivity contribution is -0.135. The van der Waals surface area contributed by atoms with Crippen LogP contribution < -0.4 is 9.47 Å². The molecule has 5 nitrogen and oxygen atoms in total. The number of rotatable bonds is 7. The van der Waals surface area contributed by atoms with Crippen molar-refractivity contribution in [3.63, 3.8) is 0 Å². The van der Waals surface area contributed by atoms with Crippen LogP contribution in [0, 0.1) is 12.8 Å². The molecule has 1 aliphatic rings. The van der Waals surface area contributed by atoms with Gasteiger partial charge in [-0.05, 0) is 61.2 Å². The summed E-state index contributed by atoms with van der Waals surface area (Å²) < 4.78 is 10.9. The second-order valence-corrected chi connectivity index (χ2v) is 8.61. The molecular formula is C26H30N2O3. The molecule has 0 spiro atoms. The Morgan fingerprint density at radius 2 is 1.81 bits per heavy atom. The SMILES string of the molecule is COc1ccc(-c2nc3cc(C)ccc3cc2CN(C(=O)C(C)C)C2CC2)cc1OC. The van der Waals surface area contributed by atoms with Gasteiger partial charge in [-0.25, -0.2) is 4.98 Å². The van der Waals surface area contributed by atoms with Crippen molar-refractivity contribution in [2.45, 2.75) is 46.2 Å². The van der Waals surface area contributed by atoms with Gasteiger partial charge in [-0.15, -0.1) is 0 Å². The number of carbonyl (C=O) groups excluding carboxylic acids is 1. The van der Waals surface area contributed by atoms with Gasteiger partial charge in [0, 0.05) is 29.5 Å². The molecule has 0 saturated heterocycles. The van der Waals surface area contributed by atoms with Gasteiger partial charge in [-0.3, -0.25) is 4.79 Å². The van der Waals surface area contributed by atoms with Crippen LogP contribution in [0.5, 0.6) is 11.5 Å². The Morgan fingerprint density at radius 1 is 1.06 bits per heavy atom. The number of hydrogen-bond donors (Lipinski definition) is 0. The third-order valence-corrected chi connectivity index (χ3v) is 5.81. The molecule has 1 fully saturated rings. The summed E-state index contributed by atoms with van der Waals surface area (Å²) in [7, 11) is 3.26. The van der Waals surface area contributed by atoms with Gasteiger partial charge in [0.05, 0.1) is 25.4 Å². The van der Waals surface area contributed by atoms with Crippen molar-refractivity contribution in [1.29, 1.82) is 0 Å². The van der Waals surface area contributed by atoms with Crippen LogP contribution in [0.2, 0.25) is 0 Å². The van der Waals surface area contributed by atoms with Gasteiger partial charge in [0.25, 0.3) is 0 Å². The van der Waals surface area contributed by atoms with Gasteiger partial charge in [-0.1, -0.05) is 26.0 Å². The number of pyridine rings is 1. The highest BCUT2D eigenvalue weighted by Gasteiger charge is 2.34. The molecular weight excluding hydrogens is 388 g/mol. The number of benzene rings is 2. The zero-order chi connectivity index (χ0) is 22.1. The van der Waals surface area contributed by atoms with E-state index in [1.54, 1.807) is 14.2 Å². The molecule has 0 unspecified atom stereocenters. The molecule has 162 valence electrons. The number of carbonyl (C=O) groups is 1. The van der Waals surface area contributed by atoms with E-state index in [-0.39, 0.29) is 11.8 Å². The first-order chi connectivity index (χ1) is 14.9. The van der Waals surface area contributed by atoms with Crippen molar-refractivity contribution in [3.8, 4) is 22.8 Å². The average molecular weight is 419 g/mol. The van der Waals surface area contributed by atoms with Gasteiger partial charge >= 0.3 is 0 Å². The number of aromatic nitrogens is 1. The Morgan fingerprint density at radius 3 is 2.45 bits per heavy atom. The maximum atomic E-state index is 12.9. The number of aryl methyl sites for hydroxylation is 1. The molecule has 1 heterocycles. The fraction of sp³-hybridized carbons (Fsp3) is 0.385. The van der Waals surface area contributed by atoms with Crippen LogP contribution in [0.1, 0.15) is 37.8 Å². The van der Waals surface area contributed by atoms with Crippen molar-refractivity contribution in [1.82, 2.24) is 9.88 Å². The van der Waals surface area contributed by atoms with E-state index >= 15 is 0 Å². The number of amides is 1. The van der Waals surface area contributed by atoms with Crippen LogP contribution in [0.15, 0.2) is 42.5 Å². The van der Waals surface area contributed by atoms with Gasteiger partial charge in [0.2, 0.25) is 5.91 Å². The molecule has 1 aliphatic carbocycles. The van der Waals surface area contributed by atoms with Crippen LogP contribution >= 0.6 is 0 Å². The smallest absolute Gasteiger partial charge is 0.225 e. The minimum atomic E-state index is -0.0267. The molecule has 5 heteroatoms. The van der Waals surface area contributed by atoms with Crippen LogP contribution in [-0.2, 0) is 11.3 Å². The van der Waals surface area contributed by atoms with E-state index in [1.165, 1.54) is 5.56 Å². The molecule has 2 aromatic carbocycles. The monoisotopic (exact) mass is 418 g/mol. The van der Waals surface area contributed by atoms with Crippen LogP contribution in [-0.4, -0.2) is 36.1 Å². The third-order valence-electron chi connectivity index (χ3n) is 5.81. The normalized spacial score (nSPS) is 13.5. The lowest BCUT2D eigenvalue weighted by Gasteiger charge is -2.26. The molecule has 1 aromatic heterocycles. The number of nitrogens with zero attached hydrogens (tertiary/aromatic N) is 2. The van der Waals surface area contributed by atoms with Crippen LogP contribution in [0.4, 0.5) is 0 Å². The largest absolute Gasteiger partial charge is 0.493 e. The van der Waals surface area contributed by atoms with Crippen LogP contribution in [0.25, 0.3) is 22.2 Å².